The van der Waals surface area contributed by atoms with E-state index in [9.17, 15) is 14.4 Å². The first-order chi connectivity index (χ1) is 14.0. The molecule has 6 heteroatoms. The Kier molecular flexibility index (Phi) is 12.4. The van der Waals surface area contributed by atoms with Gasteiger partial charge in [-0.25, -0.2) is 14.4 Å². The second kappa shape index (κ2) is 14.6. The van der Waals surface area contributed by atoms with Gasteiger partial charge in [0.2, 0.25) is 0 Å². The van der Waals surface area contributed by atoms with Crippen LogP contribution in [0.4, 0.5) is 0 Å². The lowest BCUT2D eigenvalue weighted by molar-refractivity contribution is 0.0496. The number of carboxylic acid groups (broad SMARTS) is 2. The minimum atomic E-state index is -1.39. The van der Waals surface area contributed by atoms with Crippen LogP contribution < -0.4 is 0 Å². The van der Waals surface area contributed by atoms with Gasteiger partial charge in [0.05, 0.1) is 23.3 Å². The molecular formula is C23H34O6. The van der Waals surface area contributed by atoms with Gasteiger partial charge in [0.25, 0.3) is 0 Å². The molecule has 0 bridgehead atoms. The lowest BCUT2D eigenvalue weighted by atomic mass is 10.0. The topological polar surface area (TPSA) is 101 Å². The molecule has 1 aromatic carbocycles. The molecule has 2 N–H and O–H groups in total. The Balaban J connectivity index is 2.16. The minimum Gasteiger partial charge on any atom is -0.478 e. The molecule has 0 radical (unpaired) electrons. The first kappa shape index (κ1) is 24.7. The van der Waals surface area contributed by atoms with Gasteiger partial charge in [-0.05, 0) is 24.6 Å². The number of ether oxygens (including phenoxy) is 1. The van der Waals surface area contributed by atoms with Gasteiger partial charge in [-0.2, -0.15) is 0 Å². The second-order valence-electron chi connectivity index (χ2n) is 7.40. The predicted molar refractivity (Wildman–Crippen MR) is 112 cm³/mol. The Bertz CT molecular complexity index is 653. The molecule has 0 aliphatic carbocycles. The van der Waals surface area contributed by atoms with Gasteiger partial charge in [-0.1, -0.05) is 77.6 Å². The summed E-state index contributed by atoms with van der Waals surface area (Å²) in [5, 5.41) is 18.1. The number of hydrogen-bond acceptors (Lipinski definition) is 4. The molecular weight excluding hydrogens is 372 g/mol. The van der Waals surface area contributed by atoms with Gasteiger partial charge in [0.15, 0.2) is 0 Å². The van der Waals surface area contributed by atoms with Gasteiger partial charge in [-0.15, -0.1) is 0 Å². The summed E-state index contributed by atoms with van der Waals surface area (Å²) in [4.78, 5) is 34.2. The lowest BCUT2D eigenvalue weighted by Crippen LogP contribution is -2.12. The van der Waals surface area contributed by atoms with E-state index in [4.69, 9.17) is 14.9 Å². The molecule has 29 heavy (non-hydrogen) atoms. The highest BCUT2D eigenvalue weighted by molar-refractivity contribution is 6.03. The molecule has 0 aliphatic heterocycles. The summed E-state index contributed by atoms with van der Waals surface area (Å²) in [5.41, 5.74) is -0.723. The maximum atomic E-state index is 12.0. The molecule has 6 nitrogen and oxygen atoms in total. The smallest absolute Gasteiger partial charge is 0.338 e. The number of benzene rings is 1. The summed E-state index contributed by atoms with van der Waals surface area (Å²) in [6.07, 6.45) is 14.6. The fraction of sp³-hybridized carbons (Fsp3) is 0.609. The van der Waals surface area contributed by atoms with Crippen molar-refractivity contribution in [3.05, 3.63) is 34.9 Å². The van der Waals surface area contributed by atoms with Crippen LogP contribution in [0.2, 0.25) is 0 Å². The van der Waals surface area contributed by atoms with Crippen molar-refractivity contribution in [3.63, 3.8) is 0 Å². The van der Waals surface area contributed by atoms with E-state index in [0.717, 1.165) is 31.4 Å². The van der Waals surface area contributed by atoms with Crippen molar-refractivity contribution in [2.24, 2.45) is 0 Å². The molecule has 0 atom stereocenters. The average Bonchev–Trinajstić information content (AvgIpc) is 2.70. The molecule has 1 rings (SSSR count). The zero-order chi connectivity index (χ0) is 21.5. The lowest BCUT2D eigenvalue weighted by Gasteiger charge is -2.07. The van der Waals surface area contributed by atoms with Crippen LogP contribution in [0, 0.1) is 0 Å². The van der Waals surface area contributed by atoms with Crippen LogP contribution in [0.5, 0.6) is 0 Å². The van der Waals surface area contributed by atoms with Crippen molar-refractivity contribution in [3.8, 4) is 0 Å². The molecule has 1 aromatic rings. The van der Waals surface area contributed by atoms with E-state index in [0.29, 0.717) is 0 Å². The van der Waals surface area contributed by atoms with Crippen LogP contribution in [0.3, 0.4) is 0 Å². The third-order valence-electron chi connectivity index (χ3n) is 4.95. The van der Waals surface area contributed by atoms with Crippen molar-refractivity contribution >= 4 is 17.9 Å². The highest BCUT2D eigenvalue weighted by Gasteiger charge is 2.19. The number of esters is 1. The largest absolute Gasteiger partial charge is 0.478 e. The zero-order valence-corrected chi connectivity index (χ0v) is 17.5. The SMILES string of the molecule is CCCCCCCCCCCCCCOC(=O)c1ccc(C(=O)O)c(C(=O)O)c1. The maximum Gasteiger partial charge on any atom is 0.338 e. The fourth-order valence-corrected chi connectivity index (χ4v) is 3.23. The van der Waals surface area contributed by atoms with Crippen molar-refractivity contribution in [2.45, 2.75) is 84.0 Å². The van der Waals surface area contributed by atoms with Gasteiger partial charge < -0.3 is 14.9 Å². The minimum absolute atomic E-state index is 0.0475. The third-order valence-corrected chi connectivity index (χ3v) is 4.95. The Labute approximate surface area is 173 Å². The molecule has 0 fully saturated rings. The van der Waals surface area contributed by atoms with Crippen LogP contribution >= 0.6 is 0 Å². The van der Waals surface area contributed by atoms with Crippen LogP contribution in [-0.4, -0.2) is 34.7 Å². The first-order valence-corrected chi connectivity index (χ1v) is 10.7. The van der Waals surface area contributed by atoms with Crippen LogP contribution in [0.25, 0.3) is 0 Å². The van der Waals surface area contributed by atoms with Gasteiger partial charge in [0.1, 0.15) is 0 Å². The number of hydrogen-bond donors (Lipinski definition) is 2. The number of aromatic carboxylic acids is 2. The highest BCUT2D eigenvalue weighted by Crippen LogP contribution is 2.15. The monoisotopic (exact) mass is 406 g/mol. The predicted octanol–water partition coefficient (Wildman–Crippen LogP) is 5.94. The van der Waals surface area contributed by atoms with Crippen LogP contribution in [0.1, 0.15) is 115 Å². The average molecular weight is 407 g/mol. The van der Waals surface area contributed by atoms with E-state index in [2.05, 4.69) is 6.92 Å². The van der Waals surface area contributed by atoms with Crippen molar-refractivity contribution in [2.75, 3.05) is 6.61 Å². The Morgan fingerprint density at radius 3 is 1.69 bits per heavy atom. The first-order valence-electron chi connectivity index (χ1n) is 10.7. The Morgan fingerprint density at radius 1 is 0.724 bits per heavy atom. The molecule has 0 saturated carbocycles. The van der Waals surface area contributed by atoms with E-state index < -0.39 is 23.5 Å². The standard InChI is InChI=1S/C23H34O6/c1-2-3-4-5-6-7-8-9-10-11-12-13-16-29-23(28)18-14-15-19(21(24)25)20(17-18)22(26)27/h14-15,17H,2-13,16H2,1H3,(H,24,25)(H,26,27). The van der Waals surface area contributed by atoms with Gasteiger partial charge >= 0.3 is 17.9 Å². The summed E-state index contributed by atoms with van der Waals surface area (Å²) >= 11 is 0. The maximum absolute atomic E-state index is 12.0. The molecule has 0 amide bonds. The number of carbonyl (C=O) groups excluding carboxylic acids is 1. The summed E-state index contributed by atoms with van der Waals surface area (Å²) in [6.45, 7) is 2.51. The second-order valence-corrected chi connectivity index (χ2v) is 7.40. The molecule has 0 spiro atoms. The van der Waals surface area contributed by atoms with Crippen molar-refractivity contribution in [1.29, 1.82) is 0 Å². The number of carbonyl (C=O) groups is 3. The van der Waals surface area contributed by atoms with E-state index in [1.165, 1.54) is 63.9 Å². The van der Waals surface area contributed by atoms with Gasteiger partial charge in [0, 0.05) is 0 Å². The summed E-state index contributed by atoms with van der Waals surface area (Å²) in [7, 11) is 0. The van der Waals surface area contributed by atoms with Gasteiger partial charge in [-0.3, -0.25) is 0 Å². The molecule has 0 aromatic heterocycles. The molecule has 0 aliphatic rings. The van der Waals surface area contributed by atoms with E-state index in [1.54, 1.807) is 0 Å². The summed E-state index contributed by atoms with van der Waals surface area (Å²) < 4.78 is 5.18. The summed E-state index contributed by atoms with van der Waals surface area (Å²) in [5.74, 6) is -3.37. The fourth-order valence-electron chi connectivity index (χ4n) is 3.23. The highest BCUT2D eigenvalue weighted by atomic mass is 16.5. The molecule has 0 unspecified atom stereocenters. The molecule has 0 heterocycles. The zero-order valence-electron chi connectivity index (χ0n) is 17.5. The van der Waals surface area contributed by atoms with E-state index >= 15 is 0 Å². The van der Waals surface area contributed by atoms with Crippen molar-refractivity contribution < 1.29 is 29.3 Å². The number of unbranched alkanes of at least 4 members (excludes halogenated alkanes) is 11. The molecule has 162 valence electrons. The van der Waals surface area contributed by atoms with Crippen LogP contribution in [0.15, 0.2) is 18.2 Å². The van der Waals surface area contributed by atoms with E-state index in [1.807, 2.05) is 0 Å². The quantitative estimate of drug-likeness (QED) is 0.260. The van der Waals surface area contributed by atoms with Crippen molar-refractivity contribution in [1.82, 2.24) is 0 Å². The van der Waals surface area contributed by atoms with Crippen LogP contribution in [-0.2, 0) is 4.74 Å². The normalized spacial score (nSPS) is 10.7. The molecule has 0 saturated heterocycles. The summed E-state index contributed by atoms with van der Waals surface area (Å²) in [6, 6.07) is 3.45. The Morgan fingerprint density at radius 2 is 1.21 bits per heavy atom. The Hall–Kier alpha value is -2.37. The number of rotatable bonds is 16. The number of carboxylic acids is 2. The third kappa shape index (κ3) is 10.1. The van der Waals surface area contributed by atoms with E-state index in [-0.39, 0.29) is 17.7 Å².